The minimum Gasteiger partial charge on any atom is -0.467 e. The van der Waals surface area contributed by atoms with Gasteiger partial charge in [-0.25, -0.2) is 4.98 Å². The van der Waals surface area contributed by atoms with Crippen molar-refractivity contribution in [3.63, 3.8) is 0 Å². The van der Waals surface area contributed by atoms with E-state index in [1.807, 2.05) is 42.5 Å². The molecule has 0 amide bonds. The average Bonchev–Trinajstić information content (AvgIpc) is 2.64. The van der Waals surface area contributed by atoms with Crippen LogP contribution in [-0.4, -0.2) is 11.8 Å². The summed E-state index contributed by atoms with van der Waals surface area (Å²) < 4.78 is 16.9. The molecule has 1 heterocycles. The molecule has 0 N–H and O–H groups in total. The summed E-state index contributed by atoms with van der Waals surface area (Å²) in [6.45, 7) is 0.614. The number of aromatic nitrogens is 1. The van der Waals surface area contributed by atoms with Crippen LogP contribution in [0.15, 0.2) is 75.9 Å². The Bertz CT molecular complexity index is 1030. The fourth-order valence-electron chi connectivity index (χ4n) is 2.52. The Morgan fingerprint density at radius 3 is 2.72 bits per heavy atom. The molecule has 0 radical (unpaired) electrons. The molecule has 1 aliphatic carbocycles. The zero-order chi connectivity index (χ0) is 17.1. The van der Waals surface area contributed by atoms with Crippen LogP contribution >= 0.6 is 0 Å². The van der Waals surface area contributed by atoms with Gasteiger partial charge in [0, 0.05) is 12.1 Å². The van der Waals surface area contributed by atoms with Crippen LogP contribution in [0.4, 0.5) is 0 Å². The van der Waals surface area contributed by atoms with E-state index < -0.39 is 0 Å². The molecule has 5 nitrogen and oxygen atoms in total. The van der Waals surface area contributed by atoms with E-state index >= 15 is 0 Å². The van der Waals surface area contributed by atoms with Gasteiger partial charge in [-0.1, -0.05) is 30.3 Å². The van der Waals surface area contributed by atoms with Crippen LogP contribution in [0.2, 0.25) is 0 Å². The Hall–Kier alpha value is -3.18. The SMILES string of the molecule is O=c1ccc2nc3ccc(OCOCc4ccccc4)cc3oc-2c1. The predicted molar refractivity (Wildman–Crippen MR) is 93.6 cm³/mol. The summed E-state index contributed by atoms with van der Waals surface area (Å²) in [5.74, 6) is 1.07. The fourth-order valence-corrected chi connectivity index (χ4v) is 2.52. The summed E-state index contributed by atoms with van der Waals surface area (Å²) in [6.07, 6.45) is 0. The Morgan fingerprint density at radius 1 is 0.960 bits per heavy atom. The van der Waals surface area contributed by atoms with Gasteiger partial charge in [0.1, 0.15) is 17.0 Å². The first-order valence-corrected chi connectivity index (χ1v) is 7.87. The molecule has 2 aromatic carbocycles. The first-order valence-electron chi connectivity index (χ1n) is 7.87. The topological polar surface area (TPSA) is 61.6 Å². The van der Waals surface area contributed by atoms with Crippen LogP contribution in [0, 0.1) is 0 Å². The minimum atomic E-state index is -0.112. The molecule has 2 aromatic rings. The number of nitrogens with zero attached hydrogens (tertiary/aromatic N) is 1. The van der Waals surface area contributed by atoms with E-state index in [1.54, 1.807) is 12.1 Å². The quantitative estimate of drug-likeness (QED) is 0.315. The van der Waals surface area contributed by atoms with Crippen molar-refractivity contribution in [3.8, 4) is 17.2 Å². The third-order valence-corrected chi connectivity index (χ3v) is 3.74. The van der Waals surface area contributed by atoms with Crippen LogP contribution in [0.1, 0.15) is 5.56 Å². The number of fused-ring (bicyclic) bond motifs is 2. The maximum Gasteiger partial charge on any atom is 0.189 e. The van der Waals surface area contributed by atoms with E-state index in [0.29, 0.717) is 34.9 Å². The van der Waals surface area contributed by atoms with Gasteiger partial charge in [0.2, 0.25) is 0 Å². The highest BCUT2D eigenvalue weighted by molar-refractivity contribution is 5.77. The second kappa shape index (κ2) is 6.75. The maximum absolute atomic E-state index is 11.4. The Labute approximate surface area is 143 Å². The van der Waals surface area contributed by atoms with Crippen molar-refractivity contribution < 1.29 is 13.9 Å². The fraction of sp³-hybridized carbons (Fsp3) is 0.100. The first-order chi connectivity index (χ1) is 12.3. The highest BCUT2D eigenvalue weighted by atomic mass is 16.7. The number of hydrogen-bond acceptors (Lipinski definition) is 5. The molecular formula is C20H15NO4. The summed E-state index contributed by atoms with van der Waals surface area (Å²) in [5.41, 5.74) is 2.87. The molecular weight excluding hydrogens is 318 g/mol. The van der Waals surface area contributed by atoms with Crippen LogP contribution in [0.5, 0.6) is 5.75 Å². The Balaban J connectivity index is 1.48. The van der Waals surface area contributed by atoms with Crippen LogP contribution in [-0.2, 0) is 11.3 Å². The molecule has 0 saturated heterocycles. The summed E-state index contributed by atoms with van der Waals surface area (Å²) in [7, 11) is 0. The first kappa shape index (κ1) is 15.4. The van der Waals surface area contributed by atoms with Gasteiger partial charge in [-0.05, 0) is 29.8 Å². The van der Waals surface area contributed by atoms with E-state index in [4.69, 9.17) is 13.9 Å². The largest absolute Gasteiger partial charge is 0.467 e. The smallest absolute Gasteiger partial charge is 0.189 e. The second-order valence-electron chi connectivity index (χ2n) is 5.57. The van der Waals surface area contributed by atoms with Gasteiger partial charge < -0.3 is 13.9 Å². The van der Waals surface area contributed by atoms with Crippen LogP contribution < -0.4 is 10.2 Å². The Kier molecular flexibility index (Phi) is 4.14. The van der Waals surface area contributed by atoms with E-state index in [9.17, 15) is 4.79 Å². The third-order valence-electron chi connectivity index (χ3n) is 3.74. The van der Waals surface area contributed by atoms with Gasteiger partial charge in [-0.3, -0.25) is 4.79 Å². The van der Waals surface area contributed by atoms with Gasteiger partial charge in [-0.15, -0.1) is 0 Å². The van der Waals surface area contributed by atoms with Crippen molar-refractivity contribution >= 4 is 11.1 Å². The Morgan fingerprint density at radius 2 is 1.84 bits per heavy atom. The zero-order valence-corrected chi connectivity index (χ0v) is 13.3. The monoisotopic (exact) mass is 333 g/mol. The lowest BCUT2D eigenvalue weighted by Gasteiger charge is -2.09. The van der Waals surface area contributed by atoms with E-state index in [-0.39, 0.29) is 12.2 Å². The molecule has 0 aromatic heterocycles. The molecule has 0 spiro atoms. The average molecular weight is 333 g/mol. The van der Waals surface area contributed by atoms with Crippen molar-refractivity contribution in [1.29, 1.82) is 0 Å². The molecule has 0 saturated carbocycles. The summed E-state index contributed by atoms with van der Waals surface area (Å²) in [6, 6.07) is 19.8. The molecule has 0 atom stereocenters. The molecule has 5 heteroatoms. The molecule has 0 unspecified atom stereocenters. The number of ether oxygens (including phenoxy) is 2. The standard InChI is InChI=1S/C20H15NO4/c22-15-6-8-17-19(10-15)25-20-11-16(7-9-18(20)21-17)24-13-23-12-14-4-2-1-3-5-14/h1-11H,12-13H2. The van der Waals surface area contributed by atoms with Crippen molar-refractivity contribution in [2.75, 3.05) is 6.79 Å². The van der Waals surface area contributed by atoms with Crippen LogP contribution in [0.3, 0.4) is 0 Å². The molecule has 25 heavy (non-hydrogen) atoms. The van der Waals surface area contributed by atoms with Crippen LogP contribution in [0.25, 0.3) is 22.6 Å². The van der Waals surface area contributed by atoms with E-state index in [0.717, 1.165) is 5.56 Å². The van der Waals surface area contributed by atoms with Gasteiger partial charge in [0.05, 0.1) is 6.61 Å². The maximum atomic E-state index is 11.4. The zero-order valence-electron chi connectivity index (χ0n) is 13.3. The third kappa shape index (κ3) is 3.51. The minimum absolute atomic E-state index is 0.112. The highest BCUT2D eigenvalue weighted by Crippen LogP contribution is 2.26. The summed E-state index contributed by atoms with van der Waals surface area (Å²) >= 11 is 0. The van der Waals surface area contributed by atoms with Crippen molar-refractivity contribution in [2.24, 2.45) is 0 Å². The lowest BCUT2D eigenvalue weighted by Crippen LogP contribution is -2.03. The van der Waals surface area contributed by atoms with Crippen molar-refractivity contribution in [1.82, 2.24) is 4.98 Å². The predicted octanol–water partition coefficient (Wildman–Crippen LogP) is 3.85. The molecule has 0 fully saturated rings. The normalized spacial score (nSPS) is 11.0. The highest BCUT2D eigenvalue weighted by Gasteiger charge is 2.10. The van der Waals surface area contributed by atoms with Gasteiger partial charge in [-0.2, -0.15) is 0 Å². The van der Waals surface area contributed by atoms with Gasteiger partial charge in [0.25, 0.3) is 0 Å². The second-order valence-corrected chi connectivity index (χ2v) is 5.57. The van der Waals surface area contributed by atoms with Crippen molar-refractivity contribution in [3.05, 3.63) is 82.5 Å². The molecule has 124 valence electrons. The lowest BCUT2D eigenvalue weighted by atomic mass is 10.2. The molecule has 2 aliphatic rings. The molecule has 1 aliphatic heterocycles. The van der Waals surface area contributed by atoms with Gasteiger partial charge in [0.15, 0.2) is 23.6 Å². The number of benzene rings is 3. The van der Waals surface area contributed by atoms with E-state index in [1.165, 1.54) is 12.1 Å². The summed E-state index contributed by atoms with van der Waals surface area (Å²) in [5, 5.41) is 0. The number of hydrogen-bond donors (Lipinski definition) is 0. The molecule has 4 rings (SSSR count). The van der Waals surface area contributed by atoms with Gasteiger partial charge >= 0.3 is 0 Å². The molecule has 0 bridgehead atoms. The van der Waals surface area contributed by atoms with Crippen molar-refractivity contribution in [2.45, 2.75) is 6.61 Å². The van der Waals surface area contributed by atoms with E-state index in [2.05, 4.69) is 4.98 Å². The lowest BCUT2D eigenvalue weighted by molar-refractivity contribution is 0.00509. The summed E-state index contributed by atoms with van der Waals surface area (Å²) in [4.78, 5) is 15.9. The number of rotatable bonds is 5.